The largest absolute Gasteiger partial charge is 0.365 e. The summed E-state index contributed by atoms with van der Waals surface area (Å²) in [6.45, 7) is 4.42. The highest BCUT2D eigenvalue weighted by Gasteiger charge is 2.35. The van der Waals surface area contributed by atoms with Gasteiger partial charge in [0.05, 0.1) is 16.9 Å². The Bertz CT molecular complexity index is 940. The second-order valence-electron chi connectivity index (χ2n) is 7.39. The Kier molecular flexibility index (Phi) is 5.87. The first-order chi connectivity index (χ1) is 13.2. The van der Waals surface area contributed by atoms with Gasteiger partial charge in [0.15, 0.2) is 0 Å². The van der Waals surface area contributed by atoms with E-state index in [1.165, 1.54) is 8.61 Å². The Labute approximate surface area is 166 Å². The number of nitrogens with zero attached hydrogens (tertiary/aromatic N) is 4. The lowest BCUT2D eigenvalue weighted by Crippen LogP contribution is -2.48. The maximum Gasteiger partial charge on any atom is 0.281 e. The lowest BCUT2D eigenvalue weighted by molar-refractivity contribution is 0.0998. The Hall–Kier alpha value is -2.23. The molecule has 1 fully saturated rings. The van der Waals surface area contributed by atoms with Gasteiger partial charge in [-0.15, -0.1) is 0 Å². The molecule has 0 spiro atoms. The highest BCUT2D eigenvalue weighted by molar-refractivity contribution is 7.86. The molecule has 1 aliphatic heterocycles. The van der Waals surface area contributed by atoms with Gasteiger partial charge in [0.2, 0.25) is 0 Å². The van der Waals surface area contributed by atoms with Gasteiger partial charge in [0, 0.05) is 38.3 Å². The van der Waals surface area contributed by atoms with Crippen LogP contribution < -0.4 is 5.73 Å². The zero-order valence-corrected chi connectivity index (χ0v) is 17.3. The highest BCUT2D eigenvalue weighted by atomic mass is 32.2. The first kappa shape index (κ1) is 20.5. The van der Waals surface area contributed by atoms with Crippen molar-refractivity contribution in [2.45, 2.75) is 38.6 Å². The molecule has 0 radical (unpaired) electrons. The van der Waals surface area contributed by atoms with Crippen LogP contribution in [0.1, 0.15) is 48.7 Å². The Morgan fingerprint density at radius 1 is 1.29 bits per heavy atom. The lowest BCUT2D eigenvalue weighted by atomic mass is 9.93. The van der Waals surface area contributed by atoms with Gasteiger partial charge >= 0.3 is 0 Å². The van der Waals surface area contributed by atoms with Crippen molar-refractivity contribution in [2.75, 3.05) is 20.1 Å². The molecular formula is C19H27N5O3S. The molecule has 8 nitrogen and oxygen atoms in total. The van der Waals surface area contributed by atoms with Gasteiger partial charge in [-0.25, -0.2) is 4.68 Å². The molecular weight excluding hydrogens is 378 g/mol. The van der Waals surface area contributed by atoms with Crippen molar-refractivity contribution in [1.29, 1.82) is 0 Å². The number of amides is 1. The number of hydrogen-bond donors (Lipinski definition) is 1. The first-order valence-corrected chi connectivity index (χ1v) is 10.8. The average molecular weight is 406 g/mol. The number of carbonyl (C=O) groups excluding carboxylic acids is 1. The molecule has 0 unspecified atom stereocenters. The van der Waals surface area contributed by atoms with Crippen molar-refractivity contribution in [3.05, 3.63) is 47.8 Å². The van der Waals surface area contributed by atoms with Gasteiger partial charge in [-0.3, -0.25) is 4.79 Å². The molecule has 2 aromatic rings. The molecule has 2 heterocycles. The van der Waals surface area contributed by atoms with Crippen LogP contribution in [0, 0.1) is 0 Å². The number of nitrogens with two attached hydrogens (primary N) is 1. The fourth-order valence-corrected chi connectivity index (χ4v) is 5.04. The number of hydrogen-bond acceptors (Lipinski definition) is 4. The molecule has 1 amide bonds. The quantitative estimate of drug-likeness (QED) is 0.791. The van der Waals surface area contributed by atoms with Gasteiger partial charge in [0.1, 0.15) is 0 Å². The third-order valence-electron chi connectivity index (χ3n) is 5.22. The third-order valence-corrected chi connectivity index (χ3v) is 7.35. The van der Waals surface area contributed by atoms with Crippen molar-refractivity contribution >= 4 is 16.1 Å². The number of primary amides is 1. The zero-order valence-electron chi connectivity index (χ0n) is 16.4. The highest BCUT2D eigenvalue weighted by Crippen LogP contribution is 2.31. The minimum absolute atomic E-state index is 0.135. The van der Waals surface area contributed by atoms with Gasteiger partial charge < -0.3 is 5.73 Å². The van der Waals surface area contributed by atoms with Gasteiger partial charge in [-0.1, -0.05) is 18.2 Å². The summed E-state index contributed by atoms with van der Waals surface area (Å²) in [4.78, 5) is 12.0. The van der Waals surface area contributed by atoms with Crippen molar-refractivity contribution in [1.82, 2.24) is 18.4 Å². The van der Waals surface area contributed by atoms with Crippen LogP contribution in [0.15, 0.2) is 36.5 Å². The Balaban J connectivity index is 1.93. The van der Waals surface area contributed by atoms with Crippen LogP contribution in [-0.2, 0) is 10.2 Å². The van der Waals surface area contributed by atoms with Crippen LogP contribution in [0.3, 0.4) is 0 Å². The summed E-state index contributed by atoms with van der Waals surface area (Å²) in [7, 11) is -1.98. The van der Waals surface area contributed by atoms with Crippen molar-refractivity contribution < 1.29 is 13.2 Å². The fraction of sp³-hybridized carbons (Fsp3) is 0.474. The van der Waals surface area contributed by atoms with Crippen LogP contribution >= 0.6 is 0 Å². The topological polar surface area (TPSA) is 102 Å². The SMILES string of the molecule is CC(C)N(C)S(=O)(=O)N1CCC[C@H](c2nn(-c3ccccc3)cc2C(N)=O)C1. The number of aromatic nitrogens is 2. The van der Waals surface area contributed by atoms with E-state index in [4.69, 9.17) is 5.73 Å². The summed E-state index contributed by atoms with van der Waals surface area (Å²) in [5.74, 6) is -0.743. The predicted molar refractivity (Wildman–Crippen MR) is 107 cm³/mol. The van der Waals surface area contributed by atoms with Gasteiger partial charge in [0.25, 0.3) is 16.1 Å². The van der Waals surface area contributed by atoms with E-state index in [2.05, 4.69) is 5.10 Å². The number of para-hydroxylation sites is 1. The molecule has 0 bridgehead atoms. The van der Waals surface area contributed by atoms with Crippen LogP contribution in [0.2, 0.25) is 0 Å². The molecule has 2 N–H and O–H groups in total. The predicted octanol–water partition coefficient (Wildman–Crippen LogP) is 1.74. The van der Waals surface area contributed by atoms with Crippen LogP contribution in [0.5, 0.6) is 0 Å². The second-order valence-corrected chi connectivity index (χ2v) is 9.38. The molecule has 1 atom stereocenters. The summed E-state index contributed by atoms with van der Waals surface area (Å²) < 4.78 is 30.2. The maximum absolute atomic E-state index is 12.9. The van der Waals surface area contributed by atoms with Crippen LogP contribution in [-0.4, -0.2) is 58.9 Å². The number of rotatable bonds is 6. The summed E-state index contributed by atoms with van der Waals surface area (Å²) in [6, 6.07) is 9.31. The first-order valence-electron chi connectivity index (χ1n) is 9.39. The van der Waals surface area contributed by atoms with E-state index in [0.29, 0.717) is 24.2 Å². The van der Waals surface area contributed by atoms with Crippen LogP contribution in [0.25, 0.3) is 5.69 Å². The minimum Gasteiger partial charge on any atom is -0.365 e. The number of piperidine rings is 1. The van der Waals surface area contributed by atoms with Crippen LogP contribution in [0.4, 0.5) is 0 Å². The normalized spacial score (nSPS) is 18.7. The molecule has 0 aliphatic carbocycles. The summed E-state index contributed by atoms with van der Waals surface area (Å²) >= 11 is 0. The Morgan fingerprint density at radius 3 is 2.57 bits per heavy atom. The van der Waals surface area contributed by atoms with Gasteiger partial charge in [-0.05, 0) is 38.8 Å². The zero-order chi connectivity index (χ0) is 20.5. The monoisotopic (exact) mass is 405 g/mol. The van der Waals surface area contributed by atoms with E-state index in [1.807, 2.05) is 44.2 Å². The van der Waals surface area contributed by atoms with Crippen molar-refractivity contribution in [2.24, 2.45) is 5.73 Å². The van der Waals surface area contributed by atoms with E-state index in [9.17, 15) is 13.2 Å². The second kappa shape index (κ2) is 8.02. The molecule has 3 rings (SSSR count). The molecule has 1 saturated heterocycles. The Morgan fingerprint density at radius 2 is 1.96 bits per heavy atom. The summed E-state index contributed by atoms with van der Waals surface area (Å²) in [5.41, 5.74) is 7.30. The standard InChI is InChI=1S/C19H27N5O3S/c1-14(2)22(3)28(26,27)23-11-7-8-15(12-23)18-17(19(20)25)13-24(21-18)16-9-5-4-6-10-16/h4-6,9-10,13-15H,7-8,11-12H2,1-3H3,(H2,20,25)/t15-/m0/s1. The molecule has 28 heavy (non-hydrogen) atoms. The van der Waals surface area contributed by atoms with E-state index in [-0.39, 0.29) is 18.5 Å². The fourth-order valence-electron chi connectivity index (χ4n) is 3.42. The summed E-state index contributed by atoms with van der Waals surface area (Å²) in [5, 5.41) is 4.60. The maximum atomic E-state index is 12.9. The molecule has 1 aromatic heterocycles. The number of benzene rings is 1. The molecule has 0 saturated carbocycles. The van der Waals surface area contributed by atoms with E-state index in [1.54, 1.807) is 17.9 Å². The third kappa shape index (κ3) is 3.96. The van der Waals surface area contributed by atoms with E-state index >= 15 is 0 Å². The summed E-state index contributed by atoms with van der Waals surface area (Å²) in [6.07, 6.45) is 3.08. The van der Waals surface area contributed by atoms with E-state index < -0.39 is 16.1 Å². The number of carbonyl (C=O) groups is 1. The smallest absolute Gasteiger partial charge is 0.281 e. The lowest BCUT2D eigenvalue weighted by Gasteiger charge is -2.35. The van der Waals surface area contributed by atoms with Crippen molar-refractivity contribution in [3.63, 3.8) is 0 Å². The molecule has 9 heteroatoms. The van der Waals surface area contributed by atoms with E-state index in [0.717, 1.165) is 12.1 Å². The molecule has 1 aromatic carbocycles. The minimum atomic E-state index is -3.56. The average Bonchev–Trinajstić information content (AvgIpc) is 3.14. The van der Waals surface area contributed by atoms with Crippen molar-refractivity contribution in [3.8, 4) is 5.69 Å². The van der Waals surface area contributed by atoms with Gasteiger partial charge in [-0.2, -0.15) is 22.1 Å². The molecule has 1 aliphatic rings. The molecule has 152 valence electrons.